The van der Waals surface area contributed by atoms with Crippen molar-refractivity contribution in [3.05, 3.63) is 11.6 Å². The minimum absolute atomic E-state index is 0.00238. The molecule has 0 radical (unpaired) electrons. The molecule has 4 rings (SSSR count). The number of carbonyl (C=O) groups excluding carboxylic acids is 3. The Morgan fingerprint density at radius 1 is 1.07 bits per heavy atom. The van der Waals surface area contributed by atoms with Crippen LogP contribution in [-0.4, -0.2) is 23.1 Å². The molecular formula is C25H36O4. The molecule has 4 aliphatic rings. The summed E-state index contributed by atoms with van der Waals surface area (Å²) in [6.45, 7) is 12.0. The van der Waals surface area contributed by atoms with E-state index < -0.39 is 5.60 Å². The predicted molar refractivity (Wildman–Crippen MR) is 111 cm³/mol. The second-order valence-electron chi connectivity index (χ2n) is 11.0. The summed E-state index contributed by atoms with van der Waals surface area (Å²) in [6, 6.07) is 0. The Morgan fingerprint density at radius 2 is 1.76 bits per heavy atom. The molecule has 29 heavy (non-hydrogen) atoms. The molecule has 2 unspecified atom stereocenters. The van der Waals surface area contributed by atoms with E-state index in [-0.39, 0.29) is 34.3 Å². The first kappa shape index (κ1) is 20.8. The Kier molecular flexibility index (Phi) is 4.68. The molecule has 0 heterocycles. The maximum Gasteiger partial charge on any atom is 0.303 e. The molecule has 3 saturated carbocycles. The topological polar surface area (TPSA) is 60.4 Å². The third kappa shape index (κ3) is 2.59. The minimum atomic E-state index is -1.00. The molecular weight excluding hydrogens is 364 g/mol. The summed E-state index contributed by atoms with van der Waals surface area (Å²) < 4.78 is 5.95. The van der Waals surface area contributed by atoms with Crippen molar-refractivity contribution < 1.29 is 19.1 Å². The number of hydrogen-bond donors (Lipinski definition) is 0. The van der Waals surface area contributed by atoms with E-state index in [0.717, 1.165) is 32.1 Å². The van der Waals surface area contributed by atoms with Crippen molar-refractivity contribution in [3.8, 4) is 0 Å². The maximum atomic E-state index is 13.0. The molecule has 4 heteroatoms. The number of fused-ring (bicyclic) bond motifs is 5. The lowest BCUT2D eigenvalue weighted by atomic mass is 9.44. The number of esters is 1. The van der Waals surface area contributed by atoms with E-state index in [1.807, 2.05) is 6.08 Å². The minimum Gasteiger partial charge on any atom is -0.450 e. The van der Waals surface area contributed by atoms with Crippen molar-refractivity contribution in [2.24, 2.45) is 40.4 Å². The lowest BCUT2D eigenvalue weighted by Crippen LogP contribution is -2.60. The van der Waals surface area contributed by atoms with Crippen LogP contribution in [0.25, 0.3) is 0 Å². The van der Waals surface area contributed by atoms with Crippen LogP contribution in [0.5, 0.6) is 0 Å². The summed E-state index contributed by atoms with van der Waals surface area (Å²) in [5.41, 5.74) is 0.135. The summed E-state index contributed by atoms with van der Waals surface area (Å²) in [5.74, 6) is 1.79. The Bertz CT molecular complexity index is 797. The molecule has 0 aromatic carbocycles. The number of ketones is 2. The second kappa shape index (κ2) is 6.52. The normalized spacial score (nSPS) is 48.8. The van der Waals surface area contributed by atoms with Crippen LogP contribution in [0.2, 0.25) is 0 Å². The van der Waals surface area contributed by atoms with Crippen molar-refractivity contribution in [1.29, 1.82) is 0 Å². The van der Waals surface area contributed by atoms with Gasteiger partial charge in [0, 0.05) is 24.7 Å². The highest BCUT2D eigenvalue weighted by Crippen LogP contribution is 2.70. The Hall–Kier alpha value is -1.45. The quantitative estimate of drug-likeness (QED) is 0.619. The van der Waals surface area contributed by atoms with Crippen LogP contribution < -0.4 is 0 Å². The molecule has 0 bridgehead atoms. The van der Waals surface area contributed by atoms with E-state index in [1.54, 1.807) is 6.92 Å². The number of Topliss-reactive ketones (excluding diaryl/α,β-unsaturated/α-hetero) is 1. The Morgan fingerprint density at radius 3 is 2.38 bits per heavy atom. The first-order chi connectivity index (χ1) is 13.5. The molecule has 0 spiro atoms. The van der Waals surface area contributed by atoms with Gasteiger partial charge in [0.1, 0.15) is 0 Å². The fourth-order valence-electron chi connectivity index (χ4n) is 8.58. The van der Waals surface area contributed by atoms with E-state index in [2.05, 4.69) is 27.7 Å². The van der Waals surface area contributed by atoms with Gasteiger partial charge in [0.15, 0.2) is 17.2 Å². The summed E-state index contributed by atoms with van der Waals surface area (Å²) in [5, 5.41) is 0. The SMILES string of the molecule is CC(=O)O[C@]1(C(C)=O)C(C)C[C@H]2[C@@H]3CC(C)C4=CC(=O)CC[C@]4(C)[C@H]3CC[C@@]21C. The smallest absolute Gasteiger partial charge is 0.303 e. The third-order valence-electron chi connectivity index (χ3n) is 9.65. The zero-order chi connectivity index (χ0) is 21.4. The molecule has 3 fully saturated rings. The predicted octanol–water partition coefficient (Wildman–Crippen LogP) is 4.90. The molecule has 8 atom stereocenters. The molecule has 0 N–H and O–H groups in total. The monoisotopic (exact) mass is 400 g/mol. The van der Waals surface area contributed by atoms with Crippen molar-refractivity contribution in [1.82, 2.24) is 0 Å². The van der Waals surface area contributed by atoms with Crippen LogP contribution >= 0.6 is 0 Å². The molecule has 0 aromatic heterocycles. The van der Waals surface area contributed by atoms with Gasteiger partial charge in [0.25, 0.3) is 0 Å². The largest absolute Gasteiger partial charge is 0.450 e. The lowest BCUT2D eigenvalue weighted by molar-refractivity contribution is -0.193. The summed E-state index contributed by atoms with van der Waals surface area (Å²) >= 11 is 0. The number of allylic oxidation sites excluding steroid dienone is 1. The lowest BCUT2D eigenvalue weighted by Gasteiger charge is -2.60. The van der Waals surface area contributed by atoms with Gasteiger partial charge in [-0.25, -0.2) is 0 Å². The first-order valence-corrected chi connectivity index (χ1v) is 11.4. The zero-order valence-corrected chi connectivity index (χ0v) is 18.8. The summed E-state index contributed by atoms with van der Waals surface area (Å²) in [4.78, 5) is 37.2. The number of carbonyl (C=O) groups is 3. The van der Waals surface area contributed by atoms with Crippen LogP contribution in [-0.2, 0) is 19.1 Å². The van der Waals surface area contributed by atoms with Crippen LogP contribution in [0.15, 0.2) is 11.6 Å². The van der Waals surface area contributed by atoms with Crippen molar-refractivity contribution in [3.63, 3.8) is 0 Å². The van der Waals surface area contributed by atoms with E-state index in [4.69, 9.17) is 4.74 Å². The maximum absolute atomic E-state index is 13.0. The highest BCUT2D eigenvalue weighted by molar-refractivity contribution is 5.92. The van der Waals surface area contributed by atoms with E-state index in [0.29, 0.717) is 30.1 Å². The summed E-state index contributed by atoms with van der Waals surface area (Å²) in [6.07, 6.45) is 7.50. The van der Waals surface area contributed by atoms with Crippen LogP contribution in [0.4, 0.5) is 0 Å². The zero-order valence-electron chi connectivity index (χ0n) is 18.8. The van der Waals surface area contributed by atoms with Gasteiger partial charge in [0.05, 0.1) is 0 Å². The number of rotatable bonds is 2. The molecule has 4 aliphatic carbocycles. The van der Waals surface area contributed by atoms with Gasteiger partial charge in [-0.05, 0) is 74.2 Å². The standard InChI is InChI=1S/C25H36O4/c1-14-11-19-20(23(5)9-7-18(28)13-21(14)23)8-10-24(6)22(19)12-15(2)25(24,16(3)26)29-17(4)27/h13-15,19-20,22H,7-12H2,1-6H3/t14?,15?,19-,20+,22+,23-,24+,25+/m1/s1. The van der Waals surface area contributed by atoms with Gasteiger partial charge >= 0.3 is 5.97 Å². The molecule has 160 valence electrons. The van der Waals surface area contributed by atoms with E-state index in [9.17, 15) is 14.4 Å². The van der Waals surface area contributed by atoms with Crippen LogP contribution in [0.3, 0.4) is 0 Å². The fourth-order valence-corrected chi connectivity index (χ4v) is 8.58. The van der Waals surface area contributed by atoms with E-state index >= 15 is 0 Å². The highest BCUT2D eigenvalue weighted by Gasteiger charge is 2.70. The van der Waals surface area contributed by atoms with Gasteiger partial charge in [-0.1, -0.05) is 33.3 Å². The highest BCUT2D eigenvalue weighted by atomic mass is 16.6. The molecule has 0 saturated heterocycles. The van der Waals surface area contributed by atoms with Crippen LogP contribution in [0.1, 0.15) is 80.1 Å². The first-order valence-electron chi connectivity index (χ1n) is 11.4. The van der Waals surface area contributed by atoms with Gasteiger partial charge in [-0.15, -0.1) is 0 Å². The van der Waals surface area contributed by atoms with Crippen molar-refractivity contribution in [2.75, 3.05) is 0 Å². The number of hydrogen-bond acceptors (Lipinski definition) is 4. The van der Waals surface area contributed by atoms with Crippen molar-refractivity contribution in [2.45, 2.75) is 85.7 Å². The molecule has 4 nitrogen and oxygen atoms in total. The van der Waals surface area contributed by atoms with Gasteiger partial charge in [-0.3, -0.25) is 14.4 Å². The average Bonchev–Trinajstić information content (AvgIpc) is 2.85. The second-order valence-corrected chi connectivity index (χ2v) is 11.0. The number of ether oxygens (including phenoxy) is 1. The van der Waals surface area contributed by atoms with Crippen LogP contribution in [0, 0.1) is 40.4 Å². The third-order valence-corrected chi connectivity index (χ3v) is 9.65. The van der Waals surface area contributed by atoms with Gasteiger partial charge in [-0.2, -0.15) is 0 Å². The van der Waals surface area contributed by atoms with Gasteiger partial charge < -0.3 is 4.74 Å². The van der Waals surface area contributed by atoms with E-state index in [1.165, 1.54) is 12.5 Å². The Labute approximate surface area is 174 Å². The average molecular weight is 401 g/mol. The van der Waals surface area contributed by atoms with Gasteiger partial charge in [0.2, 0.25) is 0 Å². The summed E-state index contributed by atoms with van der Waals surface area (Å²) in [7, 11) is 0. The Balaban J connectivity index is 1.77. The van der Waals surface area contributed by atoms with Crippen molar-refractivity contribution >= 4 is 17.5 Å². The molecule has 0 amide bonds. The molecule has 0 aromatic rings. The fraction of sp³-hybridized carbons (Fsp3) is 0.800. The molecule has 0 aliphatic heterocycles.